The van der Waals surface area contributed by atoms with Gasteiger partial charge in [-0.1, -0.05) is 30.0 Å². The highest BCUT2D eigenvalue weighted by Gasteiger charge is 2.31. The Morgan fingerprint density at radius 2 is 2.11 bits per heavy atom. The van der Waals surface area contributed by atoms with Crippen molar-refractivity contribution in [1.82, 2.24) is 14.8 Å². The number of hydrogen-bond donors (Lipinski definition) is 1. The lowest BCUT2D eigenvalue weighted by Gasteiger charge is -2.15. The minimum Gasteiger partial charge on any atom is -0.301 e. The van der Waals surface area contributed by atoms with Crippen LogP contribution < -0.4 is 10.7 Å². The molecule has 0 radical (unpaired) electrons. The van der Waals surface area contributed by atoms with E-state index in [4.69, 9.17) is 5.73 Å². The summed E-state index contributed by atoms with van der Waals surface area (Å²) in [6, 6.07) is 7.23. The summed E-state index contributed by atoms with van der Waals surface area (Å²) in [6.07, 6.45) is 1.82. The van der Waals surface area contributed by atoms with Gasteiger partial charge in [-0.3, -0.25) is 4.68 Å². The summed E-state index contributed by atoms with van der Waals surface area (Å²) in [5.74, 6) is 0.537. The zero-order valence-corrected chi connectivity index (χ0v) is 17.5. The van der Waals surface area contributed by atoms with E-state index in [1.165, 1.54) is 11.8 Å². The molecule has 3 aromatic rings. The molecule has 2 atom stereocenters. The van der Waals surface area contributed by atoms with Gasteiger partial charge in [-0.15, -0.1) is 11.3 Å². The van der Waals surface area contributed by atoms with Crippen molar-refractivity contribution in [2.24, 2.45) is 10.8 Å². The summed E-state index contributed by atoms with van der Waals surface area (Å²) in [5, 5.41) is 14.9. The van der Waals surface area contributed by atoms with E-state index < -0.39 is 0 Å². The van der Waals surface area contributed by atoms with Gasteiger partial charge in [0, 0.05) is 28.9 Å². The van der Waals surface area contributed by atoms with Crippen molar-refractivity contribution in [3.8, 4) is 0 Å². The van der Waals surface area contributed by atoms with Crippen molar-refractivity contribution in [2.45, 2.75) is 38.7 Å². The first-order valence-electron chi connectivity index (χ1n) is 8.92. The maximum absolute atomic E-state index is 14.3. The summed E-state index contributed by atoms with van der Waals surface area (Å²) < 4.78 is 16.0. The number of aromatic nitrogens is 3. The Balaban J connectivity index is 1.53. The highest BCUT2D eigenvalue weighted by molar-refractivity contribution is 8.14. The Labute approximate surface area is 171 Å². The SMILES string of the molecule is Cc1csc(C(C)C2=NN(c3ccn(Cc4cccc(C)c4F)n3)C(N)S2)n1. The van der Waals surface area contributed by atoms with Crippen LogP contribution in [0.3, 0.4) is 0 Å². The number of nitrogens with two attached hydrogens (primary N) is 1. The van der Waals surface area contributed by atoms with Crippen LogP contribution in [0.2, 0.25) is 0 Å². The van der Waals surface area contributed by atoms with Gasteiger partial charge >= 0.3 is 0 Å². The lowest BCUT2D eigenvalue weighted by Crippen LogP contribution is -2.32. The number of halogens is 1. The fourth-order valence-corrected chi connectivity index (χ4v) is 4.86. The van der Waals surface area contributed by atoms with Gasteiger partial charge < -0.3 is 5.73 Å². The number of aryl methyl sites for hydroxylation is 2. The third-order valence-electron chi connectivity index (χ3n) is 4.53. The van der Waals surface area contributed by atoms with E-state index >= 15 is 0 Å². The van der Waals surface area contributed by atoms with E-state index in [0.29, 0.717) is 23.5 Å². The zero-order chi connectivity index (χ0) is 19.8. The summed E-state index contributed by atoms with van der Waals surface area (Å²) in [6.45, 7) is 6.18. The first kappa shape index (κ1) is 19.1. The predicted octanol–water partition coefficient (Wildman–Crippen LogP) is 4.06. The van der Waals surface area contributed by atoms with Gasteiger partial charge in [0.2, 0.25) is 0 Å². The number of thioether (sulfide) groups is 1. The summed E-state index contributed by atoms with van der Waals surface area (Å²) in [5.41, 5.74) is 8.17. The molecule has 0 aliphatic carbocycles. The molecule has 1 aliphatic heterocycles. The number of thiazole rings is 1. The summed E-state index contributed by atoms with van der Waals surface area (Å²) >= 11 is 3.14. The fraction of sp³-hybridized carbons (Fsp3) is 0.316. The molecule has 0 saturated carbocycles. The second-order valence-electron chi connectivity index (χ2n) is 6.76. The average molecular weight is 417 g/mol. The molecule has 0 fully saturated rings. The van der Waals surface area contributed by atoms with Gasteiger partial charge in [-0.25, -0.2) is 14.4 Å². The molecule has 2 N–H and O–H groups in total. The topological polar surface area (TPSA) is 72.3 Å². The molecule has 3 heterocycles. The lowest BCUT2D eigenvalue weighted by molar-refractivity contribution is 0.577. The van der Waals surface area contributed by atoms with Crippen molar-refractivity contribution in [2.75, 3.05) is 5.01 Å². The molecule has 9 heteroatoms. The Hall–Kier alpha value is -2.23. The largest absolute Gasteiger partial charge is 0.301 e. The first-order valence-corrected chi connectivity index (χ1v) is 10.7. The molecule has 4 rings (SSSR count). The molecule has 0 saturated heterocycles. The lowest BCUT2D eigenvalue weighted by atomic mass is 10.1. The highest BCUT2D eigenvalue weighted by atomic mass is 32.2. The predicted molar refractivity (Wildman–Crippen MR) is 113 cm³/mol. The third kappa shape index (κ3) is 3.69. The van der Waals surface area contributed by atoms with Crippen molar-refractivity contribution in [3.05, 3.63) is 63.5 Å². The number of hydrogen-bond acceptors (Lipinski definition) is 7. The van der Waals surface area contributed by atoms with Crippen LogP contribution in [0.25, 0.3) is 0 Å². The molecule has 1 aromatic carbocycles. The normalized spacial score (nSPS) is 17.8. The molecule has 6 nitrogen and oxygen atoms in total. The summed E-state index contributed by atoms with van der Waals surface area (Å²) in [7, 11) is 0. The first-order chi connectivity index (χ1) is 13.4. The van der Waals surface area contributed by atoms with Crippen LogP contribution in [0, 0.1) is 19.7 Å². The Kier molecular flexibility index (Phi) is 5.22. The Morgan fingerprint density at radius 3 is 2.86 bits per heavy atom. The third-order valence-corrected chi connectivity index (χ3v) is 6.80. The molecule has 146 valence electrons. The standard InChI is InChI=1S/C19H21FN6S2/c1-11-5-4-6-14(16(11)20)9-25-8-7-15(23-25)26-19(21)28-18(24-26)13(3)17-22-12(2)10-27-17/h4-8,10,13,19H,9,21H2,1-3H3. The summed E-state index contributed by atoms with van der Waals surface area (Å²) in [4.78, 5) is 4.55. The van der Waals surface area contributed by atoms with Crippen molar-refractivity contribution in [1.29, 1.82) is 0 Å². The monoisotopic (exact) mass is 416 g/mol. The number of benzene rings is 1. The van der Waals surface area contributed by atoms with Crippen LogP contribution >= 0.6 is 23.1 Å². The second kappa shape index (κ2) is 7.65. The van der Waals surface area contributed by atoms with E-state index in [-0.39, 0.29) is 17.2 Å². The molecule has 28 heavy (non-hydrogen) atoms. The molecular formula is C19H21FN6S2. The van der Waals surface area contributed by atoms with E-state index in [1.54, 1.807) is 40.1 Å². The van der Waals surface area contributed by atoms with Gasteiger partial charge in [0.25, 0.3) is 0 Å². The van der Waals surface area contributed by atoms with Gasteiger partial charge in [0.05, 0.1) is 12.5 Å². The van der Waals surface area contributed by atoms with Gasteiger partial charge in [-0.05, 0) is 26.3 Å². The molecule has 1 aliphatic rings. The highest BCUT2D eigenvalue weighted by Crippen LogP contribution is 2.35. The van der Waals surface area contributed by atoms with Gasteiger partial charge in [-0.2, -0.15) is 10.2 Å². The molecule has 2 aromatic heterocycles. The average Bonchev–Trinajstić information content (AvgIpc) is 3.38. The molecule has 0 amide bonds. The maximum atomic E-state index is 14.3. The van der Waals surface area contributed by atoms with Gasteiger partial charge in [0.1, 0.15) is 15.9 Å². The van der Waals surface area contributed by atoms with E-state index in [9.17, 15) is 4.39 Å². The number of rotatable bonds is 5. The minimum absolute atomic E-state index is 0.0863. The van der Waals surface area contributed by atoms with Crippen molar-refractivity contribution >= 4 is 34.0 Å². The van der Waals surface area contributed by atoms with E-state index in [0.717, 1.165) is 15.7 Å². The van der Waals surface area contributed by atoms with Crippen LogP contribution in [0.4, 0.5) is 10.2 Å². The Morgan fingerprint density at radius 1 is 1.29 bits per heavy atom. The van der Waals surface area contributed by atoms with Crippen LogP contribution in [0.5, 0.6) is 0 Å². The number of nitrogens with zero attached hydrogens (tertiary/aromatic N) is 5. The van der Waals surface area contributed by atoms with Crippen molar-refractivity contribution < 1.29 is 4.39 Å². The van der Waals surface area contributed by atoms with Crippen molar-refractivity contribution in [3.63, 3.8) is 0 Å². The molecule has 0 bridgehead atoms. The van der Waals surface area contributed by atoms with Crippen LogP contribution in [0.15, 0.2) is 40.9 Å². The molecule has 0 spiro atoms. The fourth-order valence-electron chi connectivity index (χ4n) is 2.97. The van der Waals surface area contributed by atoms with Gasteiger partial charge in [0.15, 0.2) is 11.3 Å². The number of anilines is 1. The number of hydrazone groups is 1. The zero-order valence-electron chi connectivity index (χ0n) is 15.8. The van der Waals surface area contributed by atoms with Crippen LogP contribution in [-0.2, 0) is 6.54 Å². The van der Waals surface area contributed by atoms with Crippen LogP contribution in [0.1, 0.15) is 34.7 Å². The maximum Gasteiger partial charge on any atom is 0.173 e. The quantitative estimate of drug-likeness (QED) is 0.679. The van der Waals surface area contributed by atoms with E-state index in [2.05, 4.69) is 22.1 Å². The Bertz CT molecular complexity index is 1030. The minimum atomic E-state index is -0.349. The second-order valence-corrected chi connectivity index (χ2v) is 8.79. The molecule has 2 unspecified atom stereocenters. The van der Waals surface area contributed by atoms with E-state index in [1.807, 2.05) is 30.6 Å². The van der Waals surface area contributed by atoms with Crippen LogP contribution in [-0.4, -0.2) is 25.3 Å². The smallest absolute Gasteiger partial charge is 0.173 e. The molecular weight excluding hydrogens is 395 g/mol.